The highest BCUT2D eigenvalue weighted by Crippen LogP contribution is 2.40. The number of hydrogen-bond acceptors (Lipinski definition) is 3. The van der Waals surface area contributed by atoms with Crippen molar-refractivity contribution in [2.75, 3.05) is 25.1 Å². The minimum atomic E-state index is 0.0536. The van der Waals surface area contributed by atoms with E-state index in [0.29, 0.717) is 36.0 Å². The lowest BCUT2D eigenvalue weighted by atomic mass is 10.1. The van der Waals surface area contributed by atoms with Gasteiger partial charge in [-0.1, -0.05) is 11.6 Å². The van der Waals surface area contributed by atoms with E-state index in [-0.39, 0.29) is 11.8 Å². The molecule has 1 amide bonds. The molecule has 1 unspecified atom stereocenters. The Hall–Kier alpha value is -0.780. The Balaban J connectivity index is 2.41. The lowest BCUT2D eigenvalue weighted by Crippen LogP contribution is -2.26. The quantitative estimate of drug-likeness (QED) is 0.924. The molecule has 0 aliphatic carbocycles. The number of hydrogen-bond donors (Lipinski definition) is 1. The second-order valence-electron chi connectivity index (χ2n) is 4.25. The lowest BCUT2D eigenvalue weighted by molar-refractivity contribution is -0.117. The average Bonchev–Trinajstić information content (AvgIpc) is 2.69. The third kappa shape index (κ3) is 2.48. The van der Waals surface area contributed by atoms with Gasteiger partial charge in [-0.3, -0.25) is 4.79 Å². The Morgan fingerprint density at radius 2 is 2.33 bits per heavy atom. The Labute approximate surface area is 119 Å². The normalized spacial score (nSPS) is 19.4. The van der Waals surface area contributed by atoms with E-state index < -0.39 is 0 Å². The first-order valence-electron chi connectivity index (χ1n) is 5.60. The van der Waals surface area contributed by atoms with Gasteiger partial charge in [-0.25, -0.2) is 0 Å². The van der Waals surface area contributed by atoms with Gasteiger partial charge in [0, 0.05) is 18.0 Å². The molecule has 98 valence electrons. The summed E-state index contributed by atoms with van der Waals surface area (Å²) in [5.74, 6) is 0.864. The van der Waals surface area contributed by atoms with Crippen molar-refractivity contribution in [3.05, 3.63) is 21.6 Å². The number of nitrogens with zero attached hydrogens (tertiary/aromatic N) is 1. The van der Waals surface area contributed by atoms with Gasteiger partial charge in [-0.05, 0) is 40.5 Å². The number of methoxy groups -OCH3 is 1. The van der Waals surface area contributed by atoms with E-state index in [4.69, 9.17) is 22.1 Å². The van der Waals surface area contributed by atoms with Crippen molar-refractivity contribution in [2.45, 2.75) is 6.42 Å². The molecule has 2 N–H and O–H groups in total. The van der Waals surface area contributed by atoms with E-state index in [9.17, 15) is 4.79 Å². The molecule has 2 rings (SSSR count). The average molecular weight is 334 g/mol. The van der Waals surface area contributed by atoms with Crippen LogP contribution in [0.4, 0.5) is 5.69 Å². The fourth-order valence-corrected chi connectivity index (χ4v) is 3.08. The zero-order chi connectivity index (χ0) is 13.3. The zero-order valence-electron chi connectivity index (χ0n) is 9.95. The minimum absolute atomic E-state index is 0.0536. The highest BCUT2D eigenvalue weighted by Gasteiger charge is 2.32. The van der Waals surface area contributed by atoms with Crippen molar-refractivity contribution in [3.8, 4) is 5.75 Å². The zero-order valence-corrected chi connectivity index (χ0v) is 12.3. The number of anilines is 1. The molecule has 18 heavy (non-hydrogen) atoms. The number of amides is 1. The van der Waals surface area contributed by atoms with Crippen molar-refractivity contribution in [3.63, 3.8) is 0 Å². The molecule has 1 fully saturated rings. The van der Waals surface area contributed by atoms with Crippen LogP contribution in [0, 0.1) is 5.92 Å². The number of benzene rings is 1. The molecule has 0 saturated carbocycles. The number of halogens is 2. The second kappa shape index (κ2) is 5.47. The summed E-state index contributed by atoms with van der Waals surface area (Å²) in [6, 6.07) is 3.48. The van der Waals surface area contributed by atoms with Crippen LogP contribution in [0.2, 0.25) is 5.02 Å². The SMILES string of the molecule is COc1c(Br)cc(Cl)cc1N1CC(CN)CC1=O. The second-order valence-corrected chi connectivity index (χ2v) is 5.54. The van der Waals surface area contributed by atoms with Crippen molar-refractivity contribution in [2.24, 2.45) is 11.7 Å². The van der Waals surface area contributed by atoms with Crippen molar-refractivity contribution < 1.29 is 9.53 Å². The predicted molar refractivity (Wildman–Crippen MR) is 75.2 cm³/mol. The molecule has 0 radical (unpaired) electrons. The maximum absolute atomic E-state index is 12.0. The van der Waals surface area contributed by atoms with Crippen molar-refractivity contribution in [1.29, 1.82) is 0 Å². The number of carbonyl (C=O) groups is 1. The first-order valence-corrected chi connectivity index (χ1v) is 6.77. The maximum Gasteiger partial charge on any atom is 0.227 e. The Morgan fingerprint density at radius 1 is 1.61 bits per heavy atom. The van der Waals surface area contributed by atoms with E-state index in [1.165, 1.54) is 0 Å². The van der Waals surface area contributed by atoms with Crippen molar-refractivity contribution >= 4 is 39.1 Å². The molecule has 6 heteroatoms. The summed E-state index contributed by atoms with van der Waals surface area (Å²) in [6.07, 6.45) is 0.476. The highest BCUT2D eigenvalue weighted by atomic mass is 79.9. The molecule has 1 aromatic carbocycles. The van der Waals surface area contributed by atoms with Crippen LogP contribution in [0.5, 0.6) is 5.75 Å². The standard InChI is InChI=1S/C12H14BrClN2O2/c1-18-12-9(13)3-8(14)4-10(12)16-6-7(5-15)2-11(16)17/h3-4,7H,2,5-6,15H2,1H3. The summed E-state index contributed by atoms with van der Waals surface area (Å²) in [5, 5.41) is 0.557. The third-order valence-corrected chi connectivity index (χ3v) is 3.83. The van der Waals surface area contributed by atoms with Crippen molar-refractivity contribution in [1.82, 2.24) is 0 Å². The van der Waals surface area contributed by atoms with Gasteiger partial charge in [0.05, 0.1) is 17.3 Å². The molecular formula is C12H14BrClN2O2. The fraction of sp³-hybridized carbons (Fsp3) is 0.417. The Kier molecular flexibility index (Phi) is 4.14. The van der Waals surface area contributed by atoms with Crippen LogP contribution in [0.15, 0.2) is 16.6 Å². The van der Waals surface area contributed by atoms with Crippen LogP contribution in [-0.4, -0.2) is 26.1 Å². The Bertz CT molecular complexity index is 481. The topological polar surface area (TPSA) is 55.6 Å². The fourth-order valence-electron chi connectivity index (χ4n) is 2.12. The summed E-state index contributed by atoms with van der Waals surface area (Å²) in [7, 11) is 1.57. The van der Waals surface area contributed by atoms with Gasteiger partial charge in [0.2, 0.25) is 5.91 Å². The van der Waals surface area contributed by atoms with Gasteiger partial charge in [0.1, 0.15) is 0 Å². The van der Waals surface area contributed by atoms with E-state index >= 15 is 0 Å². The predicted octanol–water partition coefficient (Wildman–Crippen LogP) is 2.42. The summed E-state index contributed by atoms with van der Waals surface area (Å²) in [5.41, 5.74) is 6.31. The van der Waals surface area contributed by atoms with Crippen LogP contribution in [-0.2, 0) is 4.79 Å². The van der Waals surface area contributed by atoms with E-state index in [0.717, 1.165) is 4.47 Å². The Morgan fingerprint density at radius 3 is 2.89 bits per heavy atom. The lowest BCUT2D eigenvalue weighted by Gasteiger charge is -2.20. The van der Waals surface area contributed by atoms with Gasteiger partial charge in [-0.15, -0.1) is 0 Å². The molecule has 1 heterocycles. The van der Waals surface area contributed by atoms with Crippen LogP contribution in [0.1, 0.15) is 6.42 Å². The number of nitrogens with two attached hydrogens (primary N) is 1. The van der Waals surface area contributed by atoms with Crippen LogP contribution in [0.3, 0.4) is 0 Å². The first-order chi connectivity index (χ1) is 8.56. The maximum atomic E-state index is 12.0. The molecule has 4 nitrogen and oxygen atoms in total. The van der Waals surface area contributed by atoms with Gasteiger partial charge in [-0.2, -0.15) is 0 Å². The summed E-state index contributed by atoms with van der Waals surface area (Å²) in [4.78, 5) is 13.7. The van der Waals surface area contributed by atoms with Crippen LogP contribution >= 0.6 is 27.5 Å². The van der Waals surface area contributed by atoms with Gasteiger partial charge in [0.25, 0.3) is 0 Å². The number of rotatable bonds is 3. The van der Waals surface area contributed by atoms with E-state index in [1.54, 1.807) is 24.1 Å². The molecule has 1 aliphatic heterocycles. The van der Waals surface area contributed by atoms with E-state index in [2.05, 4.69) is 15.9 Å². The number of ether oxygens (including phenoxy) is 1. The largest absolute Gasteiger partial charge is 0.493 e. The van der Waals surface area contributed by atoms with Gasteiger partial charge >= 0.3 is 0 Å². The monoisotopic (exact) mass is 332 g/mol. The third-order valence-electron chi connectivity index (χ3n) is 3.02. The molecule has 0 spiro atoms. The summed E-state index contributed by atoms with van der Waals surface area (Å²) < 4.78 is 6.06. The molecule has 1 atom stereocenters. The molecule has 1 aliphatic rings. The van der Waals surface area contributed by atoms with Crippen LogP contribution < -0.4 is 15.4 Å². The molecule has 0 aromatic heterocycles. The highest BCUT2D eigenvalue weighted by molar-refractivity contribution is 9.10. The molecular weight excluding hydrogens is 320 g/mol. The van der Waals surface area contributed by atoms with Gasteiger partial charge < -0.3 is 15.4 Å². The molecule has 1 aromatic rings. The smallest absolute Gasteiger partial charge is 0.227 e. The first kappa shape index (κ1) is 13.6. The summed E-state index contributed by atoms with van der Waals surface area (Å²) >= 11 is 9.41. The van der Waals surface area contributed by atoms with E-state index in [1.807, 2.05) is 0 Å². The number of carbonyl (C=O) groups excluding carboxylic acids is 1. The molecule has 0 bridgehead atoms. The molecule has 1 saturated heterocycles. The minimum Gasteiger partial charge on any atom is -0.493 e. The van der Waals surface area contributed by atoms with Crippen LogP contribution in [0.25, 0.3) is 0 Å². The summed E-state index contributed by atoms with van der Waals surface area (Å²) in [6.45, 7) is 1.12. The van der Waals surface area contributed by atoms with Gasteiger partial charge in [0.15, 0.2) is 5.75 Å².